The fourth-order valence-electron chi connectivity index (χ4n) is 2.87. The topological polar surface area (TPSA) is 28.1 Å². The third kappa shape index (κ3) is 4.59. The maximum absolute atomic E-state index is 5.64. The van der Waals surface area contributed by atoms with Crippen molar-refractivity contribution in [2.24, 2.45) is 5.10 Å². The van der Waals surface area contributed by atoms with Crippen molar-refractivity contribution in [1.82, 2.24) is 9.91 Å². The van der Waals surface area contributed by atoms with Gasteiger partial charge in [0.05, 0.1) is 12.8 Å². The number of para-hydroxylation sites is 1. The first-order valence-corrected chi connectivity index (χ1v) is 8.62. The van der Waals surface area contributed by atoms with E-state index in [1.54, 1.807) is 0 Å². The lowest BCUT2D eigenvalue weighted by Crippen LogP contribution is -2.43. The molecule has 2 aromatic rings. The van der Waals surface area contributed by atoms with Crippen molar-refractivity contribution in [1.29, 1.82) is 0 Å². The SMILES string of the molecule is CCOc1ccccc1C=NN1CCN(Cc2ccccc2)CC1. The lowest BCUT2D eigenvalue weighted by Gasteiger charge is -2.33. The molecule has 126 valence electrons. The van der Waals surface area contributed by atoms with E-state index < -0.39 is 0 Å². The molecule has 0 amide bonds. The van der Waals surface area contributed by atoms with Gasteiger partial charge in [-0.05, 0) is 24.6 Å². The van der Waals surface area contributed by atoms with E-state index in [2.05, 4.69) is 45.3 Å². The van der Waals surface area contributed by atoms with Gasteiger partial charge in [-0.3, -0.25) is 9.91 Å². The largest absolute Gasteiger partial charge is 0.493 e. The Kier molecular flexibility index (Phi) is 5.85. The van der Waals surface area contributed by atoms with Crippen LogP contribution in [0.5, 0.6) is 5.75 Å². The summed E-state index contributed by atoms with van der Waals surface area (Å²) in [5.41, 5.74) is 2.41. The van der Waals surface area contributed by atoms with Gasteiger partial charge in [-0.25, -0.2) is 0 Å². The molecular weight excluding hydrogens is 298 g/mol. The van der Waals surface area contributed by atoms with Crippen LogP contribution in [0.15, 0.2) is 59.7 Å². The predicted octanol–water partition coefficient (Wildman–Crippen LogP) is 3.24. The molecule has 1 saturated heterocycles. The van der Waals surface area contributed by atoms with E-state index in [1.807, 2.05) is 37.4 Å². The molecule has 1 fully saturated rings. The van der Waals surface area contributed by atoms with Crippen LogP contribution in [0.3, 0.4) is 0 Å². The normalized spacial score (nSPS) is 15.8. The van der Waals surface area contributed by atoms with E-state index in [-0.39, 0.29) is 0 Å². The number of hydrogen-bond donors (Lipinski definition) is 0. The van der Waals surface area contributed by atoms with Gasteiger partial charge in [-0.2, -0.15) is 5.10 Å². The van der Waals surface area contributed by atoms with E-state index in [1.165, 1.54) is 5.56 Å². The van der Waals surface area contributed by atoms with Crippen molar-refractivity contribution in [3.8, 4) is 5.75 Å². The molecule has 0 atom stereocenters. The molecule has 1 heterocycles. The molecule has 0 aliphatic carbocycles. The Balaban J connectivity index is 1.52. The summed E-state index contributed by atoms with van der Waals surface area (Å²) in [7, 11) is 0. The average molecular weight is 323 g/mol. The second-order valence-corrected chi connectivity index (χ2v) is 5.93. The Labute approximate surface area is 144 Å². The van der Waals surface area contributed by atoms with E-state index >= 15 is 0 Å². The molecule has 4 nitrogen and oxygen atoms in total. The molecule has 0 radical (unpaired) electrons. The van der Waals surface area contributed by atoms with Gasteiger partial charge >= 0.3 is 0 Å². The van der Waals surface area contributed by atoms with E-state index in [0.29, 0.717) is 6.61 Å². The summed E-state index contributed by atoms with van der Waals surface area (Å²) in [5, 5.41) is 6.78. The minimum atomic E-state index is 0.670. The molecule has 0 spiro atoms. The number of benzene rings is 2. The van der Waals surface area contributed by atoms with Crippen LogP contribution in [0, 0.1) is 0 Å². The number of hydrazone groups is 1. The highest BCUT2D eigenvalue weighted by Gasteiger charge is 2.15. The van der Waals surface area contributed by atoms with Gasteiger partial charge in [0, 0.05) is 38.3 Å². The molecule has 1 aliphatic heterocycles. The zero-order chi connectivity index (χ0) is 16.6. The highest BCUT2D eigenvalue weighted by Crippen LogP contribution is 2.16. The van der Waals surface area contributed by atoms with Gasteiger partial charge < -0.3 is 4.74 Å². The number of nitrogens with zero attached hydrogens (tertiary/aromatic N) is 3. The molecule has 0 saturated carbocycles. The number of ether oxygens (including phenoxy) is 1. The van der Waals surface area contributed by atoms with Crippen molar-refractivity contribution in [3.05, 3.63) is 65.7 Å². The van der Waals surface area contributed by atoms with Gasteiger partial charge in [-0.1, -0.05) is 42.5 Å². The molecule has 2 aromatic carbocycles. The monoisotopic (exact) mass is 323 g/mol. The van der Waals surface area contributed by atoms with Crippen molar-refractivity contribution in [2.45, 2.75) is 13.5 Å². The Morgan fingerprint density at radius 1 is 0.958 bits per heavy atom. The predicted molar refractivity (Wildman–Crippen MR) is 98.5 cm³/mol. The van der Waals surface area contributed by atoms with Crippen molar-refractivity contribution < 1.29 is 4.74 Å². The number of hydrogen-bond acceptors (Lipinski definition) is 4. The van der Waals surface area contributed by atoms with Gasteiger partial charge in [0.15, 0.2) is 0 Å². The summed E-state index contributed by atoms with van der Waals surface area (Å²) in [6, 6.07) is 18.7. The second kappa shape index (κ2) is 8.50. The standard InChI is InChI=1S/C20H25N3O/c1-2-24-20-11-7-6-10-19(20)16-21-23-14-12-22(13-15-23)17-18-8-4-3-5-9-18/h3-11,16H,2,12-15,17H2,1H3. The summed E-state index contributed by atoms with van der Waals surface area (Å²) in [6.45, 7) is 7.69. The van der Waals surface area contributed by atoms with Crippen LogP contribution in [0.25, 0.3) is 0 Å². The molecule has 24 heavy (non-hydrogen) atoms. The van der Waals surface area contributed by atoms with Crippen LogP contribution < -0.4 is 4.74 Å². The van der Waals surface area contributed by atoms with Crippen molar-refractivity contribution in [3.63, 3.8) is 0 Å². The smallest absolute Gasteiger partial charge is 0.128 e. The number of rotatable bonds is 6. The van der Waals surface area contributed by atoms with Crippen LogP contribution >= 0.6 is 0 Å². The third-order valence-corrected chi connectivity index (χ3v) is 4.18. The molecule has 0 unspecified atom stereocenters. The summed E-state index contributed by atoms with van der Waals surface area (Å²) >= 11 is 0. The van der Waals surface area contributed by atoms with Crippen LogP contribution in [-0.4, -0.2) is 48.9 Å². The molecular formula is C20H25N3O. The van der Waals surface area contributed by atoms with Crippen LogP contribution in [0.1, 0.15) is 18.1 Å². The first-order chi connectivity index (χ1) is 11.8. The van der Waals surface area contributed by atoms with Gasteiger partial charge in [0.1, 0.15) is 5.75 Å². The molecule has 4 heteroatoms. The van der Waals surface area contributed by atoms with E-state index in [4.69, 9.17) is 4.74 Å². The maximum Gasteiger partial charge on any atom is 0.128 e. The fraction of sp³-hybridized carbons (Fsp3) is 0.350. The zero-order valence-corrected chi connectivity index (χ0v) is 14.3. The minimum absolute atomic E-state index is 0.670. The summed E-state index contributed by atoms with van der Waals surface area (Å²) in [4.78, 5) is 2.48. The van der Waals surface area contributed by atoms with Crippen LogP contribution in [0.4, 0.5) is 0 Å². The Bertz CT molecular complexity index is 649. The Morgan fingerprint density at radius 2 is 1.67 bits per heavy atom. The zero-order valence-electron chi connectivity index (χ0n) is 14.3. The van der Waals surface area contributed by atoms with Crippen LogP contribution in [0.2, 0.25) is 0 Å². The maximum atomic E-state index is 5.64. The quantitative estimate of drug-likeness (QED) is 0.764. The second-order valence-electron chi connectivity index (χ2n) is 5.93. The first kappa shape index (κ1) is 16.5. The van der Waals surface area contributed by atoms with Crippen molar-refractivity contribution >= 4 is 6.21 Å². The molecule has 1 aliphatic rings. The first-order valence-electron chi connectivity index (χ1n) is 8.62. The molecule has 0 aromatic heterocycles. The summed E-state index contributed by atoms with van der Waals surface area (Å²) < 4.78 is 5.64. The number of piperazine rings is 1. The summed E-state index contributed by atoms with van der Waals surface area (Å²) in [5.74, 6) is 0.895. The van der Waals surface area contributed by atoms with E-state index in [0.717, 1.165) is 44.0 Å². The van der Waals surface area contributed by atoms with Crippen LogP contribution in [-0.2, 0) is 6.54 Å². The Hall–Kier alpha value is -2.33. The van der Waals surface area contributed by atoms with Crippen molar-refractivity contribution in [2.75, 3.05) is 32.8 Å². The minimum Gasteiger partial charge on any atom is -0.493 e. The van der Waals surface area contributed by atoms with Gasteiger partial charge in [0.25, 0.3) is 0 Å². The molecule has 0 bridgehead atoms. The fourth-order valence-corrected chi connectivity index (χ4v) is 2.87. The summed E-state index contributed by atoms with van der Waals surface area (Å²) in [6.07, 6.45) is 1.91. The average Bonchev–Trinajstić information content (AvgIpc) is 2.63. The lowest BCUT2D eigenvalue weighted by atomic mass is 10.2. The van der Waals surface area contributed by atoms with Gasteiger partial charge in [0.2, 0.25) is 0 Å². The third-order valence-electron chi connectivity index (χ3n) is 4.18. The highest BCUT2D eigenvalue weighted by atomic mass is 16.5. The molecule has 0 N–H and O–H groups in total. The highest BCUT2D eigenvalue weighted by molar-refractivity contribution is 5.83. The lowest BCUT2D eigenvalue weighted by molar-refractivity contribution is 0.131. The van der Waals surface area contributed by atoms with Gasteiger partial charge in [-0.15, -0.1) is 0 Å². The Morgan fingerprint density at radius 3 is 2.42 bits per heavy atom. The molecule has 3 rings (SSSR count). The van der Waals surface area contributed by atoms with E-state index in [9.17, 15) is 0 Å².